The molecule has 2 rings (SSSR count). The number of nitrogens with zero attached hydrogens (tertiary/aromatic N) is 3. The van der Waals surface area contributed by atoms with Crippen molar-refractivity contribution in [3.05, 3.63) is 24.0 Å². The van der Waals surface area contributed by atoms with E-state index in [0.717, 1.165) is 48.8 Å². The van der Waals surface area contributed by atoms with E-state index >= 15 is 0 Å². The van der Waals surface area contributed by atoms with E-state index in [2.05, 4.69) is 28.3 Å². The van der Waals surface area contributed by atoms with Crippen molar-refractivity contribution in [1.29, 1.82) is 0 Å². The number of fused-ring (bicyclic) bond motifs is 1. The lowest BCUT2D eigenvalue weighted by Gasteiger charge is -2.20. The Balaban J connectivity index is 2.27. The molecule has 1 aromatic carbocycles. The first-order valence-corrected chi connectivity index (χ1v) is 8.08. The molecule has 0 saturated heterocycles. The molecule has 2 aromatic rings. The Morgan fingerprint density at radius 2 is 2.10 bits per heavy atom. The van der Waals surface area contributed by atoms with Gasteiger partial charge in [-0.25, -0.2) is 4.98 Å². The van der Waals surface area contributed by atoms with Crippen molar-refractivity contribution in [2.45, 2.75) is 32.7 Å². The van der Waals surface area contributed by atoms with E-state index in [0.29, 0.717) is 5.88 Å². The largest absolute Gasteiger partial charge is 0.497 e. The van der Waals surface area contributed by atoms with Crippen LogP contribution in [0.2, 0.25) is 0 Å². The van der Waals surface area contributed by atoms with Crippen LogP contribution in [0.5, 0.6) is 5.75 Å². The Hall–Kier alpha value is -1.26. The average Bonchev–Trinajstić information content (AvgIpc) is 2.88. The number of halogens is 1. The van der Waals surface area contributed by atoms with E-state index in [1.807, 2.05) is 18.2 Å². The molecule has 0 aliphatic heterocycles. The molecule has 116 valence electrons. The van der Waals surface area contributed by atoms with Crippen LogP contribution in [-0.2, 0) is 12.4 Å². The summed E-state index contributed by atoms with van der Waals surface area (Å²) in [5, 5.41) is 0. The second kappa shape index (κ2) is 7.66. The van der Waals surface area contributed by atoms with E-state index in [9.17, 15) is 0 Å². The highest BCUT2D eigenvalue weighted by atomic mass is 35.5. The smallest absolute Gasteiger partial charge is 0.124 e. The number of benzene rings is 1. The van der Waals surface area contributed by atoms with Crippen LogP contribution in [0, 0.1) is 0 Å². The molecule has 0 atom stereocenters. The van der Waals surface area contributed by atoms with Crippen LogP contribution in [0.1, 0.15) is 26.1 Å². The Labute approximate surface area is 131 Å². The van der Waals surface area contributed by atoms with E-state index in [1.54, 1.807) is 7.11 Å². The van der Waals surface area contributed by atoms with Crippen LogP contribution < -0.4 is 4.74 Å². The lowest BCUT2D eigenvalue weighted by atomic mass is 10.3. The van der Waals surface area contributed by atoms with Gasteiger partial charge < -0.3 is 14.2 Å². The summed E-state index contributed by atoms with van der Waals surface area (Å²) in [6.45, 7) is 8.52. The number of ether oxygens (including phenoxy) is 1. The summed E-state index contributed by atoms with van der Waals surface area (Å²) in [6.07, 6.45) is 1.18. The van der Waals surface area contributed by atoms with Crippen LogP contribution >= 0.6 is 11.6 Å². The molecule has 0 unspecified atom stereocenters. The third kappa shape index (κ3) is 3.69. The normalized spacial score (nSPS) is 11.5. The summed E-state index contributed by atoms with van der Waals surface area (Å²) < 4.78 is 7.53. The van der Waals surface area contributed by atoms with E-state index in [-0.39, 0.29) is 0 Å². The van der Waals surface area contributed by atoms with Crippen molar-refractivity contribution in [3.63, 3.8) is 0 Å². The Kier molecular flexibility index (Phi) is 5.88. The first kappa shape index (κ1) is 16.1. The van der Waals surface area contributed by atoms with Crippen molar-refractivity contribution in [2.75, 3.05) is 26.7 Å². The van der Waals surface area contributed by atoms with Gasteiger partial charge in [-0.1, -0.05) is 13.8 Å². The zero-order chi connectivity index (χ0) is 15.2. The number of rotatable bonds is 8. The molecule has 0 aliphatic carbocycles. The van der Waals surface area contributed by atoms with Crippen molar-refractivity contribution in [3.8, 4) is 5.75 Å². The van der Waals surface area contributed by atoms with Crippen molar-refractivity contribution < 1.29 is 4.74 Å². The van der Waals surface area contributed by atoms with Gasteiger partial charge in [0, 0.05) is 19.2 Å². The van der Waals surface area contributed by atoms with Crippen molar-refractivity contribution in [2.24, 2.45) is 0 Å². The average molecular weight is 310 g/mol. The maximum atomic E-state index is 6.06. The number of hydrogen-bond donors (Lipinski definition) is 0. The molecule has 0 spiro atoms. The number of methoxy groups -OCH3 is 1. The van der Waals surface area contributed by atoms with Gasteiger partial charge in [0.05, 0.1) is 24.0 Å². The zero-order valence-corrected chi connectivity index (χ0v) is 13.9. The molecule has 0 bridgehead atoms. The van der Waals surface area contributed by atoms with Crippen LogP contribution in [0.25, 0.3) is 11.0 Å². The summed E-state index contributed by atoms with van der Waals surface area (Å²) in [5.41, 5.74) is 2.07. The van der Waals surface area contributed by atoms with Gasteiger partial charge in [-0.15, -0.1) is 11.6 Å². The van der Waals surface area contributed by atoms with E-state index < -0.39 is 0 Å². The van der Waals surface area contributed by atoms with Gasteiger partial charge in [-0.3, -0.25) is 0 Å². The number of imidazole rings is 1. The third-order valence-electron chi connectivity index (χ3n) is 3.78. The standard InChI is InChI=1S/C16H24ClN3O/c1-4-8-19(5-2)9-10-20-15-11-13(21-3)6-7-14(15)18-16(20)12-17/h6-7,11H,4-5,8-10,12H2,1-3H3. The fraction of sp³-hybridized carbons (Fsp3) is 0.562. The van der Waals surface area contributed by atoms with Gasteiger partial charge in [-0.05, 0) is 31.6 Å². The summed E-state index contributed by atoms with van der Waals surface area (Å²) >= 11 is 6.06. The highest BCUT2D eigenvalue weighted by Crippen LogP contribution is 2.22. The number of likely N-dealkylation sites (N-methyl/N-ethyl adjacent to an activating group) is 1. The summed E-state index contributed by atoms with van der Waals surface area (Å²) in [5.74, 6) is 2.20. The van der Waals surface area contributed by atoms with Crippen LogP contribution in [0.15, 0.2) is 18.2 Å². The van der Waals surface area contributed by atoms with Crippen molar-refractivity contribution >= 4 is 22.6 Å². The predicted octanol–water partition coefficient (Wildman–Crippen LogP) is 3.52. The molecular weight excluding hydrogens is 286 g/mol. The SMILES string of the molecule is CCCN(CC)CCn1c(CCl)nc2ccc(OC)cc21. The fourth-order valence-corrected chi connectivity index (χ4v) is 2.82. The second-order valence-electron chi connectivity index (χ2n) is 5.10. The molecule has 0 N–H and O–H groups in total. The van der Waals surface area contributed by atoms with E-state index in [4.69, 9.17) is 16.3 Å². The maximum absolute atomic E-state index is 6.06. The number of alkyl halides is 1. The lowest BCUT2D eigenvalue weighted by molar-refractivity contribution is 0.277. The molecule has 0 aliphatic rings. The minimum Gasteiger partial charge on any atom is -0.497 e. The van der Waals surface area contributed by atoms with E-state index in [1.165, 1.54) is 6.42 Å². The van der Waals surface area contributed by atoms with Gasteiger partial charge in [0.1, 0.15) is 11.6 Å². The second-order valence-corrected chi connectivity index (χ2v) is 5.37. The Bertz CT molecular complexity index is 582. The van der Waals surface area contributed by atoms with Crippen LogP contribution in [0.3, 0.4) is 0 Å². The molecule has 1 heterocycles. The molecule has 4 nitrogen and oxygen atoms in total. The predicted molar refractivity (Wildman–Crippen MR) is 88.2 cm³/mol. The molecule has 0 fully saturated rings. The topological polar surface area (TPSA) is 30.3 Å². The first-order chi connectivity index (χ1) is 10.2. The molecule has 0 amide bonds. The fourth-order valence-electron chi connectivity index (χ4n) is 2.62. The summed E-state index contributed by atoms with van der Waals surface area (Å²) in [7, 11) is 1.68. The van der Waals surface area contributed by atoms with Crippen LogP contribution in [0.4, 0.5) is 0 Å². The Morgan fingerprint density at radius 3 is 2.71 bits per heavy atom. The first-order valence-electron chi connectivity index (χ1n) is 7.54. The minimum atomic E-state index is 0.427. The van der Waals surface area contributed by atoms with Gasteiger partial charge >= 0.3 is 0 Å². The quantitative estimate of drug-likeness (QED) is 0.699. The van der Waals surface area contributed by atoms with Crippen LogP contribution in [-0.4, -0.2) is 41.2 Å². The Morgan fingerprint density at radius 1 is 1.29 bits per heavy atom. The molecular formula is C16H24ClN3O. The molecule has 1 aromatic heterocycles. The lowest BCUT2D eigenvalue weighted by Crippen LogP contribution is -2.28. The zero-order valence-electron chi connectivity index (χ0n) is 13.1. The monoisotopic (exact) mass is 309 g/mol. The van der Waals surface area contributed by atoms with Crippen molar-refractivity contribution in [1.82, 2.24) is 14.5 Å². The minimum absolute atomic E-state index is 0.427. The highest BCUT2D eigenvalue weighted by Gasteiger charge is 2.12. The third-order valence-corrected chi connectivity index (χ3v) is 4.02. The molecule has 21 heavy (non-hydrogen) atoms. The highest BCUT2D eigenvalue weighted by molar-refractivity contribution is 6.16. The van der Waals surface area contributed by atoms with Gasteiger partial charge in [-0.2, -0.15) is 0 Å². The summed E-state index contributed by atoms with van der Waals surface area (Å²) in [6, 6.07) is 5.96. The van der Waals surface area contributed by atoms with Gasteiger partial charge in [0.15, 0.2) is 0 Å². The van der Waals surface area contributed by atoms with Gasteiger partial charge in [0.25, 0.3) is 0 Å². The molecule has 0 radical (unpaired) electrons. The number of aromatic nitrogens is 2. The molecule has 5 heteroatoms. The van der Waals surface area contributed by atoms with Gasteiger partial charge in [0.2, 0.25) is 0 Å². The maximum Gasteiger partial charge on any atom is 0.124 e. The molecule has 0 saturated carbocycles. The summed E-state index contributed by atoms with van der Waals surface area (Å²) in [4.78, 5) is 7.06. The number of hydrogen-bond acceptors (Lipinski definition) is 3.